The van der Waals surface area contributed by atoms with E-state index in [4.69, 9.17) is 9.47 Å². The third-order valence-corrected chi connectivity index (χ3v) is 5.41. The van der Waals surface area contributed by atoms with E-state index in [1.807, 2.05) is 12.1 Å². The van der Waals surface area contributed by atoms with Crippen LogP contribution in [-0.4, -0.2) is 68.2 Å². The fourth-order valence-corrected chi connectivity index (χ4v) is 3.58. The summed E-state index contributed by atoms with van der Waals surface area (Å²) < 4.78 is 10.8. The number of hydrogen-bond donors (Lipinski definition) is 1. The van der Waals surface area contributed by atoms with Crippen molar-refractivity contribution in [2.45, 2.75) is 26.0 Å². The van der Waals surface area contributed by atoms with Gasteiger partial charge < -0.3 is 19.7 Å². The first-order valence-electron chi connectivity index (χ1n) is 10.7. The molecule has 1 fully saturated rings. The zero-order valence-corrected chi connectivity index (χ0v) is 18.0. The predicted octanol–water partition coefficient (Wildman–Crippen LogP) is 2.79. The minimum Gasteiger partial charge on any atom is -0.497 e. The molecule has 6 nitrogen and oxygen atoms in total. The van der Waals surface area contributed by atoms with E-state index in [1.54, 1.807) is 26.2 Å². The number of piperazine rings is 1. The Morgan fingerprint density at radius 2 is 1.60 bits per heavy atom. The number of carbonyl (C=O) groups excluding carboxylic acids is 1. The highest BCUT2D eigenvalue weighted by atomic mass is 16.5. The summed E-state index contributed by atoms with van der Waals surface area (Å²) in [6.07, 6.45) is 0.416. The molecular formula is C24H33N3O3. The SMILES string of the molecule is COc1ccc(OC(C)C(=O)NCCCN2CCN(Cc3ccccc3)CC2)cc1. The van der Waals surface area contributed by atoms with Crippen molar-refractivity contribution in [3.05, 3.63) is 60.2 Å². The first kappa shape index (κ1) is 22.1. The number of carbonyl (C=O) groups is 1. The van der Waals surface area contributed by atoms with Crippen molar-refractivity contribution < 1.29 is 14.3 Å². The van der Waals surface area contributed by atoms with Gasteiger partial charge in [0.1, 0.15) is 11.5 Å². The second-order valence-electron chi connectivity index (χ2n) is 7.68. The van der Waals surface area contributed by atoms with Crippen LogP contribution in [0.15, 0.2) is 54.6 Å². The predicted molar refractivity (Wildman–Crippen MR) is 119 cm³/mol. The zero-order valence-electron chi connectivity index (χ0n) is 18.0. The Labute approximate surface area is 179 Å². The molecule has 162 valence electrons. The molecule has 1 atom stereocenters. The fraction of sp³-hybridized carbons (Fsp3) is 0.458. The maximum Gasteiger partial charge on any atom is 0.260 e. The Kier molecular flexibility index (Phi) is 8.53. The van der Waals surface area contributed by atoms with E-state index in [-0.39, 0.29) is 5.91 Å². The molecule has 1 N–H and O–H groups in total. The van der Waals surface area contributed by atoms with E-state index in [2.05, 4.69) is 45.4 Å². The molecule has 6 heteroatoms. The fourth-order valence-electron chi connectivity index (χ4n) is 3.58. The van der Waals surface area contributed by atoms with E-state index in [0.29, 0.717) is 12.3 Å². The van der Waals surface area contributed by atoms with Gasteiger partial charge in [0.05, 0.1) is 7.11 Å². The van der Waals surface area contributed by atoms with E-state index in [9.17, 15) is 4.79 Å². The maximum absolute atomic E-state index is 12.3. The molecule has 1 unspecified atom stereocenters. The van der Waals surface area contributed by atoms with Crippen molar-refractivity contribution >= 4 is 5.91 Å². The Balaban J connectivity index is 1.28. The molecule has 1 aliphatic heterocycles. The molecule has 1 amide bonds. The van der Waals surface area contributed by atoms with Crippen LogP contribution in [0.5, 0.6) is 11.5 Å². The molecule has 3 rings (SSSR count). The number of ether oxygens (including phenoxy) is 2. The smallest absolute Gasteiger partial charge is 0.260 e. The van der Waals surface area contributed by atoms with Gasteiger partial charge in [-0.05, 0) is 49.7 Å². The van der Waals surface area contributed by atoms with E-state index < -0.39 is 6.10 Å². The third-order valence-electron chi connectivity index (χ3n) is 5.41. The van der Waals surface area contributed by atoms with Crippen LogP contribution in [0.25, 0.3) is 0 Å². The Morgan fingerprint density at radius 1 is 0.967 bits per heavy atom. The van der Waals surface area contributed by atoms with Crippen LogP contribution in [0.2, 0.25) is 0 Å². The quantitative estimate of drug-likeness (QED) is 0.610. The van der Waals surface area contributed by atoms with Gasteiger partial charge in [0.25, 0.3) is 5.91 Å². The lowest BCUT2D eigenvalue weighted by atomic mass is 10.2. The Hall–Kier alpha value is -2.57. The molecule has 1 saturated heterocycles. The van der Waals surface area contributed by atoms with Gasteiger partial charge in [-0.25, -0.2) is 0 Å². The summed E-state index contributed by atoms with van der Waals surface area (Å²) >= 11 is 0. The van der Waals surface area contributed by atoms with Crippen molar-refractivity contribution in [3.8, 4) is 11.5 Å². The standard InChI is InChI=1S/C24H33N3O3/c1-20(30-23-11-9-22(29-2)10-12-23)24(28)25-13-6-14-26-15-17-27(18-16-26)19-21-7-4-3-5-8-21/h3-5,7-12,20H,6,13-19H2,1-2H3,(H,25,28). The average molecular weight is 412 g/mol. The van der Waals surface area contributed by atoms with Crippen molar-refractivity contribution in [2.75, 3.05) is 46.4 Å². The van der Waals surface area contributed by atoms with E-state index in [0.717, 1.165) is 51.4 Å². The largest absolute Gasteiger partial charge is 0.497 e. The zero-order chi connectivity index (χ0) is 21.2. The van der Waals surface area contributed by atoms with Gasteiger partial charge in [-0.2, -0.15) is 0 Å². The summed E-state index contributed by atoms with van der Waals surface area (Å²) in [5.41, 5.74) is 1.37. The number of amides is 1. The average Bonchev–Trinajstić information content (AvgIpc) is 2.79. The topological polar surface area (TPSA) is 54.0 Å². The molecule has 2 aromatic rings. The van der Waals surface area contributed by atoms with Crippen LogP contribution in [0, 0.1) is 0 Å². The second-order valence-corrected chi connectivity index (χ2v) is 7.68. The summed E-state index contributed by atoms with van der Waals surface area (Å²) in [6, 6.07) is 17.9. The van der Waals surface area contributed by atoms with Crippen LogP contribution in [0.3, 0.4) is 0 Å². The van der Waals surface area contributed by atoms with Crippen LogP contribution in [0.4, 0.5) is 0 Å². The number of hydrogen-bond acceptors (Lipinski definition) is 5. The van der Waals surface area contributed by atoms with Gasteiger partial charge in [-0.1, -0.05) is 30.3 Å². The summed E-state index contributed by atoms with van der Waals surface area (Å²) in [5.74, 6) is 1.34. The maximum atomic E-state index is 12.3. The molecule has 1 heterocycles. The normalized spacial score (nSPS) is 16.1. The molecule has 0 aliphatic carbocycles. The Morgan fingerprint density at radius 3 is 2.27 bits per heavy atom. The van der Waals surface area contributed by atoms with Crippen molar-refractivity contribution in [3.63, 3.8) is 0 Å². The highest BCUT2D eigenvalue weighted by Gasteiger charge is 2.17. The number of rotatable bonds is 10. The molecule has 0 radical (unpaired) electrons. The van der Waals surface area contributed by atoms with Gasteiger partial charge in [-0.3, -0.25) is 9.69 Å². The van der Waals surface area contributed by atoms with Gasteiger partial charge in [0.15, 0.2) is 6.10 Å². The Bertz CT molecular complexity index is 759. The van der Waals surface area contributed by atoms with Crippen molar-refractivity contribution in [2.24, 2.45) is 0 Å². The molecule has 1 aliphatic rings. The summed E-state index contributed by atoms with van der Waals surface area (Å²) in [6.45, 7) is 8.81. The number of nitrogens with one attached hydrogen (secondary N) is 1. The van der Waals surface area contributed by atoms with Crippen molar-refractivity contribution in [1.82, 2.24) is 15.1 Å². The molecular weight excluding hydrogens is 378 g/mol. The third kappa shape index (κ3) is 7.04. The lowest BCUT2D eigenvalue weighted by Gasteiger charge is -2.34. The van der Waals surface area contributed by atoms with Crippen LogP contribution in [-0.2, 0) is 11.3 Å². The van der Waals surface area contributed by atoms with Gasteiger partial charge in [-0.15, -0.1) is 0 Å². The highest BCUT2D eigenvalue weighted by Crippen LogP contribution is 2.18. The highest BCUT2D eigenvalue weighted by molar-refractivity contribution is 5.80. The number of benzene rings is 2. The second kappa shape index (κ2) is 11.6. The van der Waals surface area contributed by atoms with Gasteiger partial charge >= 0.3 is 0 Å². The molecule has 2 aromatic carbocycles. The van der Waals surface area contributed by atoms with Gasteiger partial charge in [0, 0.05) is 39.3 Å². The number of methoxy groups -OCH3 is 1. The van der Waals surface area contributed by atoms with E-state index in [1.165, 1.54) is 5.56 Å². The minimum absolute atomic E-state index is 0.0847. The molecule has 0 saturated carbocycles. The first-order chi connectivity index (χ1) is 14.6. The van der Waals surface area contributed by atoms with Crippen molar-refractivity contribution in [1.29, 1.82) is 0 Å². The number of nitrogens with zero attached hydrogens (tertiary/aromatic N) is 2. The lowest BCUT2D eigenvalue weighted by molar-refractivity contribution is -0.127. The van der Waals surface area contributed by atoms with E-state index >= 15 is 0 Å². The molecule has 0 spiro atoms. The first-order valence-corrected chi connectivity index (χ1v) is 10.7. The summed E-state index contributed by atoms with van der Waals surface area (Å²) in [7, 11) is 1.62. The minimum atomic E-state index is -0.528. The van der Waals surface area contributed by atoms with Crippen LogP contribution in [0.1, 0.15) is 18.9 Å². The lowest BCUT2D eigenvalue weighted by Crippen LogP contribution is -2.46. The molecule has 0 bridgehead atoms. The molecule has 30 heavy (non-hydrogen) atoms. The van der Waals surface area contributed by atoms with Crippen LogP contribution < -0.4 is 14.8 Å². The van der Waals surface area contributed by atoms with Gasteiger partial charge in [0.2, 0.25) is 0 Å². The summed E-state index contributed by atoms with van der Waals surface area (Å²) in [5, 5.41) is 2.98. The van der Waals surface area contributed by atoms with Crippen LogP contribution >= 0.6 is 0 Å². The monoisotopic (exact) mass is 411 g/mol. The summed E-state index contributed by atoms with van der Waals surface area (Å²) in [4.78, 5) is 17.2. The molecule has 0 aromatic heterocycles.